The maximum Gasteiger partial charge on any atom is 0.222 e. The number of hydrogen-bond donors (Lipinski definition) is 1. The molecule has 0 saturated heterocycles. The molecule has 0 saturated carbocycles. The van der Waals surface area contributed by atoms with Gasteiger partial charge in [0, 0.05) is 18.3 Å². The first-order chi connectivity index (χ1) is 9.56. The van der Waals surface area contributed by atoms with E-state index < -0.39 is 0 Å². The molecule has 0 radical (unpaired) electrons. The number of halogens is 1. The maximum atomic E-state index is 12.1. The first-order valence-electron chi connectivity index (χ1n) is 6.31. The second-order valence-corrected chi connectivity index (χ2v) is 6.38. The molecule has 5 heteroatoms. The standard InChI is InChI=1S/C15H16ClNO2S/c1-17(10-12-7-8-14(16)20-12)15(19)9-6-11-4-2-3-5-13(11)18/h2-5,7-8,18H,6,9-10H2,1H3. The largest absolute Gasteiger partial charge is 0.508 e. The van der Waals surface area contributed by atoms with Crippen LogP contribution in [0.1, 0.15) is 16.9 Å². The number of phenols is 1. The van der Waals surface area contributed by atoms with E-state index in [4.69, 9.17) is 11.6 Å². The summed E-state index contributed by atoms with van der Waals surface area (Å²) in [6.07, 6.45) is 0.925. The summed E-state index contributed by atoms with van der Waals surface area (Å²) in [5.41, 5.74) is 0.799. The molecular formula is C15H16ClNO2S. The second kappa shape index (κ2) is 6.77. The van der Waals surface area contributed by atoms with Crippen molar-refractivity contribution in [3.05, 3.63) is 51.2 Å². The predicted octanol–water partition coefficient (Wildman–Crippen LogP) is 3.70. The monoisotopic (exact) mass is 309 g/mol. The SMILES string of the molecule is CN(Cc1ccc(Cl)s1)C(=O)CCc1ccccc1O. The van der Waals surface area contributed by atoms with Gasteiger partial charge >= 0.3 is 0 Å². The van der Waals surface area contributed by atoms with E-state index in [9.17, 15) is 9.90 Å². The van der Waals surface area contributed by atoms with E-state index >= 15 is 0 Å². The van der Waals surface area contributed by atoms with Crippen LogP contribution in [0.5, 0.6) is 5.75 Å². The molecule has 1 aromatic heterocycles. The number of hydrogen-bond acceptors (Lipinski definition) is 3. The van der Waals surface area contributed by atoms with Crippen LogP contribution < -0.4 is 0 Å². The van der Waals surface area contributed by atoms with Crippen LogP contribution in [0.4, 0.5) is 0 Å². The van der Waals surface area contributed by atoms with Gasteiger partial charge in [-0.05, 0) is 30.2 Å². The Morgan fingerprint density at radius 2 is 2.05 bits per heavy atom. The average molecular weight is 310 g/mol. The lowest BCUT2D eigenvalue weighted by atomic mass is 10.1. The van der Waals surface area contributed by atoms with Crippen LogP contribution >= 0.6 is 22.9 Å². The van der Waals surface area contributed by atoms with Gasteiger partial charge in [-0.15, -0.1) is 11.3 Å². The normalized spacial score (nSPS) is 10.5. The van der Waals surface area contributed by atoms with Crippen molar-refractivity contribution >= 4 is 28.8 Å². The molecule has 0 aliphatic heterocycles. The minimum atomic E-state index is 0.0535. The summed E-state index contributed by atoms with van der Waals surface area (Å²) in [5.74, 6) is 0.297. The van der Waals surface area contributed by atoms with Gasteiger partial charge in [0.05, 0.1) is 10.9 Å². The third kappa shape index (κ3) is 3.99. The zero-order chi connectivity index (χ0) is 14.5. The minimum Gasteiger partial charge on any atom is -0.508 e. The fourth-order valence-corrected chi connectivity index (χ4v) is 3.05. The molecule has 0 bridgehead atoms. The molecule has 0 atom stereocenters. The van der Waals surface area contributed by atoms with Gasteiger partial charge in [0.25, 0.3) is 0 Å². The third-order valence-electron chi connectivity index (χ3n) is 3.05. The summed E-state index contributed by atoms with van der Waals surface area (Å²) in [6.45, 7) is 0.566. The third-order valence-corrected chi connectivity index (χ3v) is 4.26. The summed E-state index contributed by atoms with van der Waals surface area (Å²) in [6, 6.07) is 10.9. The van der Waals surface area contributed by atoms with Crippen LogP contribution in [-0.4, -0.2) is 23.0 Å². The van der Waals surface area contributed by atoms with Gasteiger partial charge < -0.3 is 10.0 Å². The van der Waals surface area contributed by atoms with Gasteiger partial charge in [0.15, 0.2) is 0 Å². The lowest BCUT2D eigenvalue weighted by molar-refractivity contribution is -0.130. The molecule has 3 nitrogen and oxygen atoms in total. The highest BCUT2D eigenvalue weighted by Crippen LogP contribution is 2.23. The molecule has 1 heterocycles. The Morgan fingerprint density at radius 3 is 2.70 bits per heavy atom. The van der Waals surface area contributed by atoms with Gasteiger partial charge in [0.2, 0.25) is 5.91 Å². The van der Waals surface area contributed by atoms with Crippen LogP contribution in [0, 0.1) is 0 Å². The lowest BCUT2D eigenvalue weighted by Crippen LogP contribution is -2.25. The van der Waals surface area contributed by atoms with Gasteiger partial charge in [-0.3, -0.25) is 4.79 Å². The van der Waals surface area contributed by atoms with E-state index in [2.05, 4.69) is 0 Å². The lowest BCUT2D eigenvalue weighted by Gasteiger charge is -2.16. The molecule has 106 valence electrons. The van der Waals surface area contributed by atoms with Crippen molar-refractivity contribution < 1.29 is 9.90 Å². The number of benzene rings is 1. The van der Waals surface area contributed by atoms with E-state index in [1.807, 2.05) is 24.3 Å². The summed E-state index contributed by atoms with van der Waals surface area (Å²) < 4.78 is 0.732. The fraction of sp³-hybridized carbons (Fsp3) is 0.267. The first kappa shape index (κ1) is 14.9. The zero-order valence-electron chi connectivity index (χ0n) is 11.2. The Labute approximate surface area is 127 Å². The molecule has 1 N–H and O–H groups in total. The number of thiophene rings is 1. The van der Waals surface area contributed by atoms with E-state index in [1.54, 1.807) is 24.1 Å². The number of carbonyl (C=O) groups excluding carboxylic acids is 1. The molecule has 0 fully saturated rings. The number of aromatic hydroxyl groups is 1. The summed E-state index contributed by atoms with van der Waals surface area (Å²) in [5, 5.41) is 9.66. The van der Waals surface area contributed by atoms with Crippen LogP contribution in [0.25, 0.3) is 0 Å². The number of phenolic OH excluding ortho intramolecular Hbond substituents is 1. The summed E-state index contributed by atoms with van der Waals surface area (Å²) >= 11 is 7.35. The fourth-order valence-electron chi connectivity index (χ4n) is 1.91. The number of rotatable bonds is 5. The van der Waals surface area contributed by atoms with Crippen LogP contribution in [-0.2, 0) is 17.8 Å². The number of nitrogens with zero attached hydrogens (tertiary/aromatic N) is 1. The summed E-state index contributed by atoms with van der Waals surface area (Å²) in [4.78, 5) is 14.8. The Morgan fingerprint density at radius 1 is 1.30 bits per heavy atom. The van der Waals surface area contributed by atoms with E-state index in [0.29, 0.717) is 19.4 Å². The highest BCUT2D eigenvalue weighted by Gasteiger charge is 2.11. The highest BCUT2D eigenvalue weighted by atomic mass is 35.5. The van der Waals surface area contributed by atoms with Crippen molar-refractivity contribution in [1.29, 1.82) is 0 Å². The zero-order valence-corrected chi connectivity index (χ0v) is 12.7. The van der Waals surface area contributed by atoms with Crippen LogP contribution in [0.3, 0.4) is 0 Å². The molecular weight excluding hydrogens is 294 g/mol. The Bertz CT molecular complexity index is 597. The van der Waals surface area contributed by atoms with Gasteiger partial charge in [0.1, 0.15) is 5.75 Å². The molecule has 0 spiro atoms. The van der Waals surface area contributed by atoms with Gasteiger partial charge in [-0.25, -0.2) is 0 Å². The number of para-hydroxylation sites is 1. The minimum absolute atomic E-state index is 0.0535. The van der Waals surface area contributed by atoms with Crippen molar-refractivity contribution in [2.75, 3.05) is 7.05 Å². The Hall–Kier alpha value is -1.52. The summed E-state index contributed by atoms with van der Waals surface area (Å²) in [7, 11) is 1.78. The van der Waals surface area contributed by atoms with Crippen molar-refractivity contribution in [2.45, 2.75) is 19.4 Å². The number of aryl methyl sites for hydroxylation is 1. The maximum absolute atomic E-state index is 12.1. The van der Waals surface area contributed by atoms with Crippen LogP contribution in [0.2, 0.25) is 4.34 Å². The molecule has 1 aromatic carbocycles. The predicted molar refractivity (Wildman–Crippen MR) is 82.2 cm³/mol. The molecule has 0 unspecified atom stereocenters. The second-order valence-electron chi connectivity index (χ2n) is 4.58. The Balaban J connectivity index is 1.87. The highest BCUT2D eigenvalue weighted by molar-refractivity contribution is 7.16. The average Bonchev–Trinajstić information content (AvgIpc) is 2.82. The molecule has 0 aliphatic carbocycles. The van der Waals surface area contributed by atoms with Crippen molar-refractivity contribution in [3.8, 4) is 5.75 Å². The Kier molecular flexibility index (Phi) is 5.04. The van der Waals surface area contributed by atoms with Crippen molar-refractivity contribution in [1.82, 2.24) is 4.90 Å². The van der Waals surface area contributed by atoms with Gasteiger partial charge in [-0.2, -0.15) is 0 Å². The van der Waals surface area contributed by atoms with Gasteiger partial charge in [-0.1, -0.05) is 29.8 Å². The topological polar surface area (TPSA) is 40.5 Å². The molecule has 0 aliphatic rings. The van der Waals surface area contributed by atoms with E-state index in [-0.39, 0.29) is 11.7 Å². The number of amides is 1. The quantitative estimate of drug-likeness (QED) is 0.915. The first-order valence-corrected chi connectivity index (χ1v) is 7.51. The van der Waals surface area contributed by atoms with E-state index in [0.717, 1.165) is 14.8 Å². The number of carbonyl (C=O) groups is 1. The molecule has 2 aromatic rings. The molecule has 20 heavy (non-hydrogen) atoms. The van der Waals surface area contributed by atoms with Crippen LogP contribution in [0.15, 0.2) is 36.4 Å². The molecule has 1 amide bonds. The van der Waals surface area contributed by atoms with Crippen molar-refractivity contribution in [2.24, 2.45) is 0 Å². The smallest absolute Gasteiger partial charge is 0.222 e. The van der Waals surface area contributed by atoms with Crippen molar-refractivity contribution in [3.63, 3.8) is 0 Å². The molecule has 2 rings (SSSR count). The van der Waals surface area contributed by atoms with E-state index in [1.165, 1.54) is 11.3 Å².